The molecule has 3 nitrogen and oxygen atoms in total. The van der Waals surface area contributed by atoms with Gasteiger partial charge < -0.3 is 9.84 Å². The van der Waals surface area contributed by atoms with E-state index in [1.54, 1.807) is 12.1 Å². The normalized spacial score (nSPS) is 9.73. The van der Waals surface area contributed by atoms with Crippen LogP contribution in [0.4, 0.5) is 0 Å². The number of hydrogen-bond donors (Lipinski definition) is 1. The number of rotatable bonds is 4. The Morgan fingerprint density at radius 1 is 1.60 bits per heavy atom. The molecule has 1 rings (SSSR count). The van der Waals surface area contributed by atoms with Gasteiger partial charge in [-0.15, -0.1) is 0 Å². The Bertz CT molecular complexity index is 399. The van der Waals surface area contributed by atoms with Crippen LogP contribution in [0.3, 0.4) is 0 Å². The highest BCUT2D eigenvalue weighted by Crippen LogP contribution is 2.24. The molecular weight excluding hydrogens is 260 g/mol. The highest BCUT2D eigenvalue weighted by molar-refractivity contribution is 9.10. The van der Waals surface area contributed by atoms with Gasteiger partial charge in [-0.1, -0.05) is 22.5 Å². The van der Waals surface area contributed by atoms with Crippen LogP contribution < -0.4 is 4.74 Å². The minimum absolute atomic E-state index is 0.152. The smallest absolute Gasteiger partial charge is 0.339 e. The molecule has 0 aliphatic carbocycles. The molecule has 1 aromatic carbocycles. The van der Waals surface area contributed by atoms with E-state index in [4.69, 9.17) is 9.84 Å². The number of carboxylic acid groups (broad SMARTS) is 1. The van der Waals surface area contributed by atoms with Gasteiger partial charge >= 0.3 is 5.97 Å². The summed E-state index contributed by atoms with van der Waals surface area (Å²) >= 11 is 3.26. The van der Waals surface area contributed by atoms with E-state index in [9.17, 15) is 4.79 Å². The van der Waals surface area contributed by atoms with Crippen molar-refractivity contribution in [1.82, 2.24) is 0 Å². The van der Waals surface area contributed by atoms with Gasteiger partial charge in [0.25, 0.3) is 0 Å². The molecule has 0 spiro atoms. The minimum atomic E-state index is -1.00. The van der Waals surface area contributed by atoms with Crippen LogP contribution >= 0.6 is 15.9 Å². The lowest BCUT2D eigenvalue weighted by Gasteiger charge is -2.09. The maximum atomic E-state index is 10.9. The second-order valence-electron chi connectivity index (χ2n) is 3.19. The van der Waals surface area contributed by atoms with Gasteiger partial charge in [0.2, 0.25) is 0 Å². The Labute approximate surface area is 96.5 Å². The van der Waals surface area contributed by atoms with Crippen LogP contribution in [0.15, 0.2) is 34.8 Å². The first-order valence-electron chi connectivity index (χ1n) is 4.30. The van der Waals surface area contributed by atoms with Crippen LogP contribution in [0.5, 0.6) is 5.75 Å². The van der Waals surface area contributed by atoms with Gasteiger partial charge in [0, 0.05) is 4.47 Å². The number of halogens is 1. The SMILES string of the molecule is C=C(C)COc1cc(Br)ccc1C(=O)O. The van der Waals surface area contributed by atoms with Gasteiger partial charge in [0.05, 0.1) is 0 Å². The summed E-state index contributed by atoms with van der Waals surface area (Å²) in [6.45, 7) is 5.82. The topological polar surface area (TPSA) is 46.5 Å². The molecule has 0 amide bonds. The summed E-state index contributed by atoms with van der Waals surface area (Å²) in [5.41, 5.74) is 0.991. The van der Waals surface area contributed by atoms with E-state index in [1.807, 2.05) is 6.92 Å². The largest absolute Gasteiger partial charge is 0.488 e. The molecule has 0 saturated heterocycles. The van der Waals surface area contributed by atoms with E-state index in [1.165, 1.54) is 6.07 Å². The fourth-order valence-electron chi connectivity index (χ4n) is 0.993. The second-order valence-corrected chi connectivity index (χ2v) is 4.11. The molecule has 0 unspecified atom stereocenters. The summed E-state index contributed by atoms with van der Waals surface area (Å²) < 4.78 is 6.11. The molecule has 0 aliphatic rings. The summed E-state index contributed by atoms with van der Waals surface area (Å²) in [6.07, 6.45) is 0. The molecule has 80 valence electrons. The zero-order chi connectivity index (χ0) is 11.4. The Hall–Kier alpha value is -1.29. The second kappa shape index (κ2) is 4.98. The fraction of sp³-hybridized carbons (Fsp3) is 0.182. The number of aromatic carboxylic acids is 1. The van der Waals surface area contributed by atoms with Crippen molar-refractivity contribution in [1.29, 1.82) is 0 Å². The highest BCUT2D eigenvalue weighted by Gasteiger charge is 2.11. The van der Waals surface area contributed by atoms with Gasteiger partial charge in [-0.2, -0.15) is 0 Å². The van der Waals surface area contributed by atoms with Crippen LogP contribution in [0.2, 0.25) is 0 Å². The summed E-state index contributed by atoms with van der Waals surface area (Å²) in [5.74, 6) is -0.654. The molecule has 0 heterocycles. The van der Waals surface area contributed by atoms with Gasteiger partial charge in [-0.25, -0.2) is 4.79 Å². The number of carbonyl (C=O) groups is 1. The molecule has 0 bridgehead atoms. The molecule has 0 radical (unpaired) electrons. The van der Waals surface area contributed by atoms with E-state index in [2.05, 4.69) is 22.5 Å². The number of ether oxygens (including phenoxy) is 1. The van der Waals surface area contributed by atoms with Crippen LogP contribution in [-0.4, -0.2) is 17.7 Å². The quantitative estimate of drug-likeness (QED) is 0.856. The maximum absolute atomic E-state index is 10.9. The standard InChI is InChI=1S/C11H11BrO3/c1-7(2)6-15-10-5-8(12)3-4-9(10)11(13)14/h3-5H,1,6H2,2H3,(H,13,14). The molecule has 0 atom stereocenters. The lowest BCUT2D eigenvalue weighted by Crippen LogP contribution is -2.04. The van der Waals surface area contributed by atoms with Gasteiger partial charge in [-0.05, 0) is 30.7 Å². The third-order valence-corrected chi connectivity index (χ3v) is 2.14. The predicted molar refractivity (Wildman–Crippen MR) is 61.4 cm³/mol. The lowest BCUT2D eigenvalue weighted by atomic mass is 10.2. The first-order chi connectivity index (χ1) is 7.00. The van der Waals surface area contributed by atoms with Crippen molar-refractivity contribution in [2.75, 3.05) is 6.61 Å². The van der Waals surface area contributed by atoms with E-state index >= 15 is 0 Å². The Kier molecular flexibility index (Phi) is 3.91. The molecule has 4 heteroatoms. The molecule has 0 saturated carbocycles. The molecule has 15 heavy (non-hydrogen) atoms. The van der Waals surface area contributed by atoms with Crippen molar-refractivity contribution in [2.24, 2.45) is 0 Å². The van der Waals surface area contributed by atoms with Crippen molar-refractivity contribution < 1.29 is 14.6 Å². The lowest BCUT2D eigenvalue weighted by molar-refractivity contribution is 0.0692. The fourth-order valence-corrected chi connectivity index (χ4v) is 1.33. The number of carboxylic acids is 1. The van der Waals surface area contributed by atoms with E-state index < -0.39 is 5.97 Å². The first-order valence-corrected chi connectivity index (χ1v) is 5.10. The maximum Gasteiger partial charge on any atom is 0.339 e. The third-order valence-electron chi connectivity index (χ3n) is 1.65. The first kappa shape index (κ1) is 11.8. The van der Waals surface area contributed by atoms with E-state index in [0.29, 0.717) is 12.4 Å². The summed E-state index contributed by atoms with van der Waals surface area (Å²) in [4.78, 5) is 10.9. The number of benzene rings is 1. The van der Waals surface area contributed by atoms with Crippen LogP contribution in [-0.2, 0) is 0 Å². The van der Waals surface area contributed by atoms with Crippen LogP contribution in [0.25, 0.3) is 0 Å². The summed E-state index contributed by atoms with van der Waals surface area (Å²) in [7, 11) is 0. The predicted octanol–water partition coefficient (Wildman–Crippen LogP) is 3.10. The summed E-state index contributed by atoms with van der Waals surface area (Å²) in [5, 5.41) is 8.90. The minimum Gasteiger partial charge on any atom is -0.488 e. The Balaban J connectivity index is 2.96. The molecular formula is C11H11BrO3. The third kappa shape index (κ3) is 3.40. The number of hydrogen-bond acceptors (Lipinski definition) is 2. The van der Waals surface area contributed by atoms with Crippen molar-refractivity contribution >= 4 is 21.9 Å². The molecule has 1 N–H and O–H groups in total. The average molecular weight is 271 g/mol. The Morgan fingerprint density at radius 3 is 2.80 bits per heavy atom. The summed E-state index contributed by atoms with van der Waals surface area (Å²) in [6, 6.07) is 4.80. The van der Waals surface area contributed by atoms with Crippen molar-refractivity contribution in [3.8, 4) is 5.75 Å². The van der Waals surface area contributed by atoms with Crippen LogP contribution in [0, 0.1) is 0 Å². The highest BCUT2D eigenvalue weighted by atomic mass is 79.9. The average Bonchev–Trinajstić information content (AvgIpc) is 2.14. The molecule has 0 aromatic heterocycles. The zero-order valence-corrected chi connectivity index (χ0v) is 9.87. The van der Waals surface area contributed by atoms with Crippen molar-refractivity contribution in [2.45, 2.75) is 6.92 Å². The van der Waals surface area contributed by atoms with Crippen LogP contribution in [0.1, 0.15) is 17.3 Å². The Morgan fingerprint density at radius 2 is 2.27 bits per heavy atom. The molecule has 0 fully saturated rings. The van der Waals surface area contributed by atoms with Gasteiger partial charge in [0.1, 0.15) is 17.9 Å². The van der Waals surface area contributed by atoms with Gasteiger partial charge in [-0.3, -0.25) is 0 Å². The molecule has 0 aliphatic heterocycles. The monoisotopic (exact) mass is 270 g/mol. The van der Waals surface area contributed by atoms with Crippen molar-refractivity contribution in [3.05, 3.63) is 40.4 Å². The van der Waals surface area contributed by atoms with Gasteiger partial charge in [0.15, 0.2) is 0 Å². The van der Waals surface area contributed by atoms with E-state index in [-0.39, 0.29) is 5.56 Å². The van der Waals surface area contributed by atoms with Crippen molar-refractivity contribution in [3.63, 3.8) is 0 Å². The molecule has 1 aromatic rings. The van der Waals surface area contributed by atoms with E-state index in [0.717, 1.165) is 10.0 Å². The zero-order valence-electron chi connectivity index (χ0n) is 8.29.